The smallest absolute Gasteiger partial charge is 0.114 e. The molecule has 0 amide bonds. The number of likely N-dealkylation sites (tertiary alicyclic amines) is 1. The van der Waals surface area contributed by atoms with Gasteiger partial charge >= 0.3 is 0 Å². The van der Waals surface area contributed by atoms with E-state index in [1.54, 1.807) is 0 Å². The van der Waals surface area contributed by atoms with Crippen LogP contribution in [0.4, 0.5) is 0 Å². The molecule has 2 aliphatic rings. The van der Waals surface area contributed by atoms with Crippen LogP contribution in [0.1, 0.15) is 26.2 Å². The number of hydrogen-bond donors (Lipinski definition) is 0. The molecule has 3 nitrogen and oxygen atoms in total. The summed E-state index contributed by atoms with van der Waals surface area (Å²) in [5, 5.41) is 0. The third kappa shape index (κ3) is 3.30. The second-order valence-electron chi connectivity index (χ2n) is 4.31. The SMILES string of the molecule is CC1/C=C\CC(N2CCCC2)OCCO1. The molecule has 3 heteroatoms. The van der Waals surface area contributed by atoms with Gasteiger partial charge in [0.2, 0.25) is 0 Å². The summed E-state index contributed by atoms with van der Waals surface area (Å²) in [6.45, 7) is 5.87. The average Bonchev–Trinajstić information content (AvgIpc) is 2.74. The molecule has 0 N–H and O–H groups in total. The zero-order chi connectivity index (χ0) is 10.5. The van der Waals surface area contributed by atoms with Crippen molar-refractivity contribution in [2.75, 3.05) is 26.3 Å². The van der Waals surface area contributed by atoms with Crippen LogP contribution >= 0.6 is 0 Å². The summed E-state index contributed by atoms with van der Waals surface area (Å²) in [5.74, 6) is 0. The molecule has 0 aliphatic carbocycles. The first-order valence-corrected chi connectivity index (χ1v) is 6.00. The molecule has 15 heavy (non-hydrogen) atoms. The molecule has 0 radical (unpaired) electrons. The number of ether oxygens (including phenoxy) is 2. The van der Waals surface area contributed by atoms with Crippen LogP contribution in [0.5, 0.6) is 0 Å². The van der Waals surface area contributed by atoms with E-state index in [0.29, 0.717) is 13.2 Å². The highest BCUT2D eigenvalue weighted by Crippen LogP contribution is 2.16. The summed E-state index contributed by atoms with van der Waals surface area (Å²) in [4.78, 5) is 2.44. The van der Waals surface area contributed by atoms with E-state index in [9.17, 15) is 0 Å². The molecule has 86 valence electrons. The number of nitrogens with zero attached hydrogens (tertiary/aromatic N) is 1. The van der Waals surface area contributed by atoms with E-state index in [2.05, 4.69) is 24.0 Å². The predicted molar refractivity (Wildman–Crippen MR) is 59.7 cm³/mol. The molecule has 2 aliphatic heterocycles. The van der Waals surface area contributed by atoms with Gasteiger partial charge in [-0.2, -0.15) is 0 Å². The second kappa shape index (κ2) is 5.64. The Balaban J connectivity index is 1.89. The van der Waals surface area contributed by atoms with E-state index in [4.69, 9.17) is 9.47 Å². The molecule has 2 unspecified atom stereocenters. The van der Waals surface area contributed by atoms with Gasteiger partial charge in [0.05, 0.1) is 19.3 Å². The molecule has 2 atom stereocenters. The lowest BCUT2D eigenvalue weighted by Crippen LogP contribution is -2.35. The van der Waals surface area contributed by atoms with E-state index in [1.807, 2.05) is 0 Å². The van der Waals surface area contributed by atoms with Gasteiger partial charge in [-0.1, -0.05) is 12.2 Å². The summed E-state index contributed by atoms with van der Waals surface area (Å²) < 4.78 is 11.4. The van der Waals surface area contributed by atoms with Crippen LogP contribution in [-0.4, -0.2) is 43.5 Å². The first-order chi connectivity index (χ1) is 7.36. The largest absolute Gasteiger partial charge is 0.372 e. The zero-order valence-corrected chi connectivity index (χ0v) is 9.52. The lowest BCUT2D eigenvalue weighted by atomic mass is 10.2. The minimum absolute atomic E-state index is 0.228. The number of hydrogen-bond acceptors (Lipinski definition) is 3. The van der Waals surface area contributed by atoms with Gasteiger partial charge in [-0.05, 0) is 19.8 Å². The summed E-state index contributed by atoms with van der Waals surface area (Å²) in [6, 6.07) is 0. The molecule has 1 fully saturated rings. The van der Waals surface area contributed by atoms with Crippen molar-refractivity contribution in [1.29, 1.82) is 0 Å². The van der Waals surface area contributed by atoms with Crippen molar-refractivity contribution in [1.82, 2.24) is 4.90 Å². The number of rotatable bonds is 1. The minimum atomic E-state index is 0.228. The molecule has 1 saturated heterocycles. The maximum atomic E-state index is 5.84. The van der Waals surface area contributed by atoms with Gasteiger partial charge in [0.15, 0.2) is 0 Å². The maximum absolute atomic E-state index is 5.84. The highest BCUT2D eigenvalue weighted by molar-refractivity contribution is 4.90. The lowest BCUT2D eigenvalue weighted by molar-refractivity contribution is -0.0674. The van der Waals surface area contributed by atoms with Gasteiger partial charge < -0.3 is 9.47 Å². The van der Waals surface area contributed by atoms with E-state index in [-0.39, 0.29) is 12.3 Å². The minimum Gasteiger partial charge on any atom is -0.372 e. The van der Waals surface area contributed by atoms with Crippen molar-refractivity contribution in [3.63, 3.8) is 0 Å². The molecule has 2 rings (SSSR count). The zero-order valence-electron chi connectivity index (χ0n) is 9.52. The van der Waals surface area contributed by atoms with Crippen molar-refractivity contribution in [3.05, 3.63) is 12.2 Å². The Morgan fingerprint density at radius 1 is 1.13 bits per heavy atom. The van der Waals surface area contributed by atoms with E-state index < -0.39 is 0 Å². The molecule has 0 aromatic rings. The van der Waals surface area contributed by atoms with E-state index in [0.717, 1.165) is 6.42 Å². The molecule has 0 saturated carbocycles. The van der Waals surface area contributed by atoms with Crippen LogP contribution in [0.15, 0.2) is 12.2 Å². The summed E-state index contributed by atoms with van der Waals surface area (Å²) in [6.07, 6.45) is 8.46. The van der Waals surface area contributed by atoms with Crippen LogP contribution in [0.25, 0.3) is 0 Å². The molecular formula is C12H21NO2. The molecule has 0 aromatic carbocycles. The first-order valence-electron chi connectivity index (χ1n) is 6.00. The highest BCUT2D eigenvalue weighted by atomic mass is 16.5. The predicted octanol–water partition coefficient (Wildman–Crippen LogP) is 1.79. The fourth-order valence-corrected chi connectivity index (χ4v) is 2.21. The third-order valence-electron chi connectivity index (χ3n) is 3.07. The van der Waals surface area contributed by atoms with E-state index >= 15 is 0 Å². The van der Waals surface area contributed by atoms with Crippen molar-refractivity contribution in [2.45, 2.75) is 38.5 Å². The van der Waals surface area contributed by atoms with Crippen molar-refractivity contribution in [3.8, 4) is 0 Å². The van der Waals surface area contributed by atoms with Gasteiger partial charge in [0.25, 0.3) is 0 Å². The van der Waals surface area contributed by atoms with E-state index in [1.165, 1.54) is 25.9 Å². The highest BCUT2D eigenvalue weighted by Gasteiger charge is 2.21. The molecule has 0 bridgehead atoms. The topological polar surface area (TPSA) is 21.7 Å². The average molecular weight is 211 g/mol. The van der Waals surface area contributed by atoms with Crippen LogP contribution in [0.2, 0.25) is 0 Å². The first kappa shape index (κ1) is 11.1. The van der Waals surface area contributed by atoms with Crippen molar-refractivity contribution in [2.24, 2.45) is 0 Å². The van der Waals surface area contributed by atoms with Gasteiger partial charge in [0, 0.05) is 19.5 Å². The Kier molecular flexibility index (Phi) is 4.18. The Bertz CT molecular complexity index is 212. The summed E-state index contributed by atoms with van der Waals surface area (Å²) >= 11 is 0. The van der Waals surface area contributed by atoms with Gasteiger partial charge in [-0.25, -0.2) is 0 Å². The fraction of sp³-hybridized carbons (Fsp3) is 0.833. The van der Waals surface area contributed by atoms with Crippen LogP contribution < -0.4 is 0 Å². The quantitative estimate of drug-likeness (QED) is 0.617. The Labute approximate surface area is 92.0 Å². The fourth-order valence-electron chi connectivity index (χ4n) is 2.21. The molecule has 2 heterocycles. The van der Waals surface area contributed by atoms with Crippen LogP contribution in [0, 0.1) is 0 Å². The van der Waals surface area contributed by atoms with Crippen LogP contribution in [0.3, 0.4) is 0 Å². The van der Waals surface area contributed by atoms with Crippen molar-refractivity contribution < 1.29 is 9.47 Å². The van der Waals surface area contributed by atoms with Gasteiger partial charge in [-0.15, -0.1) is 0 Å². The van der Waals surface area contributed by atoms with Gasteiger partial charge in [0.1, 0.15) is 6.23 Å². The van der Waals surface area contributed by atoms with Crippen LogP contribution in [-0.2, 0) is 9.47 Å². The lowest BCUT2D eigenvalue weighted by Gasteiger charge is -2.26. The molecule has 0 aromatic heterocycles. The summed E-state index contributed by atoms with van der Waals surface area (Å²) in [5.41, 5.74) is 0. The Morgan fingerprint density at radius 2 is 1.87 bits per heavy atom. The monoisotopic (exact) mass is 211 g/mol. The molecule has 0 spiro atoms. The maximum Gasteiger partial charge on any atom is 0.114 e. The van der Waals surface area contributed by atoms with Gasteiger partial charge in [-0.3, -0.25) is 4.90 Å². The Hall–Kier alpha value is -0.380. The second-order valence-corrected chi connectivity index (χ2v) is 4.31. The summed E-state index contributed by atoms with van der Waals surface area (Å²) in [7, 11) is 0. The molecular weight excluding hydrogens is 190 g/mol. The Morgan fingerprint density at radius 3 is 2.67 bits per heavy atom. The standard InChI is InChI=1S/C12H21NO2/c1-11-5-4-6-12(15-10-9-14-11)13-7-2-3-8-13/h4-5,11-12H,2-3,6-10H2,1H3/b5-4-. The van der Waals surface area contributed by atoms with Crippen molar-refractivity contribution >= 4 is 0 Å². The normalized spacial score (nSPS) is 36.9. The third-order valence-corrected chi connectivity index (χ3v) is 3.07.